The first-order chi connectivity index (χ1) is 0. The van der Waals surface area contributed by atoms with Gasteiger partial charge in [-0.1, -0.05) is 0 Å². The van der Waals surface area contributed by atoms with E-state index in [4.69, 9.17) is 0 Å². The van der Waals surface area contributed by atoms with Crippen molar-refractivity contribution in [3.05, 3.63) is 0 Å². The zero-order valence-electron chi connectivity index (χ0n) is 1.64. The van der Waals surface area contributed by atoms with E-state index in [0.29, 0.717) is 0 Å². The molecule has 0 aromatic heterocycles. The molecule has 4 heteroatoms. The number of rotatable bonds is 0. The zero-order chi connectivity index (χ0) is 0. The van der Waals surface area contributed by atoms with Gasteiger partial charge in [0, 0.05) is 72.6 Å². The summed E-state index contributed by atoms with van der Waals surface area (Å²) in [5, 5.41) is 0. The largest absolute Gasteiger partial charge is 0 e. The van der Waals surface area contributed by atoms with Crippen molar-refractivity contribution in [2.75, 3.05) is 0 Å². The molecule has 0 nitrogen and oxygen atoms in total. The molecule has 0 N–H and O–H groups in total. The third-order valence-corrected chi connectivity index (χ3v) is 0. The Morgan fingerprint density at radius 3 is 1.00 bits per heavy atom. The Balaban J connectivity index is 0. The Morgan fingerprint density at radius 2 is 1.00 bits per heavy atom. The van der Waals surface area contributed by atoms with E-state index in [0.717, 1.165) is 0 Å². The normalized spacial score (nSPS) is 0. The van der Waals surface area contributed by atoms with E-state index in [1.165, 1.54) is 0 Å². The van der Waals surface area contributed by atoms with Gasteiger partial charge in [0.2, 0.25) is 0 Å². The molecule has 0 aliphatic rings. The first-order valence-electron chi connectivity index (χ1n) is 0. The molecule has 0 atom stereocenters. The van der Waals surface area contributed by atoms with Crippen molar-refractivity contribution in [2.24, 2.45) is 0 Å². The minimum absolute atomic E-state index is 0. The Labute approximate surface area is 71.8 Å². The fraction of sp³-hybridized carbons (Fsp3) is 0. The van der Waals surface area contributed by atoms with E-state index in [1.54, 1.807) is 0 Å². The average molecular weight is 333 g/mol. The predicted molar refractivity (Wildman–Crippen MR) is 5.75 cm³/mol. The average Bonchev–Trinajstić information content (AvgIpc) is 0. The van der Waals surface area contributed by atoms with Crippen LogP contribution in [-0.2, 0) is 55.2 Å². The quantitative estimate of drug-likeness (QED) is 0.530. The molecule has 0 bridgehead atoms. The molecule has 0 saturated heterocycles. The van der Waals surface area contributed by atoms with E-state index < -0.39 is 0 Å². The van der Waals surface area contributed by atoms with Gasteiger partial charge < -0.3 is 0 Å². The molecular weight excluding hydrogens is 333 g/mol. The van der Waals surface area contributed by atoms with Gasteiger partial charge in [-0.15, -0.1) is 0 Å². The van der Waals surface area contributed by atoms with E-state index in [2.05, 4.69) is 0 Å². The molecule has 0 heterocycles. The van der Waals surface area contributed by atoms with Crippen molar-refractivity contribution in [1.29, 1.82) is 0 Å². The molecule has 0 aliphatic carbocycles. The second-order valence-electron chi connectivity index (χ2n) is 0. The summed E-state index contributed by atoms with van der Waals surface area (Å²) in [5.41, 5.74) is 0. The second kappa shape index (κ2) is 18.7. The molecule has 0 amide bonds. The van der Waals surface area contributed by atoms with Crippen LogP contribution in [0.3, 0.4) is 0 Å². The van der Waals surface area contributed by atoms with Crippen LogP contribution in [0.5, 0.6) is 0 Å². The van der Waals surface area contributed by atoms with Crippen LogP contribution in [0.2, 0.25) is 0 Å². The molecule has 0 rings (SSSR count). The summed E-state index contributed by atoms with van der Waals surface area (Å²) >= 11 is 0. The molecule has 0 saturated carbocycles. The number of hydrogen-bond acceptors (Lipinski definition) is 0. The van der Waals surface area contributed by atoms with Gasteiger partial charge in [0.05, 0.1) is 0 Å². The maximum atomic E-state index is 0. The minimum atomic E-state index is 0. The van der Waals surface area contributed by atoms with Gasteiger partial charge >= 0.3 is 0 Å². The summed E-state index contributed by atoms with van der Waals surface area (Å²) in [4.78, 5) is 0. The predicted octanol–water partition coefficient (Wildman–Crippen LogP) is -0.388. The topological polar surface area (TPSA) is 0 Å². The molecule has 28 valence electrons. The minimum Gasteiger partial charge on any atom is 0 e. The third-order valence-electron chi connectivity index (χ3n) is 0. The Hall–Kier alpha value is 2.26. The molecular formula is AlCoCrPt. The molecule has 4 heavy (non-hydrogen) atoms. The van der Waals surface area contributed by atoms with Crippen molar-refractivity contribution in [3.63, 3.8) is 0 Å². The van der Waals surface area contributed by atoms with Crippen LogP contribution >= 0.6 is 0 Å². The Kier molecular flexibility index (Phi) is 158. The fourth-order valence-corrected chi connectivity index (χ4v) is 0. The van der Waals surface area contributed by atoms with Crippen molar-refractivity contribution in [1.82, 2.24) is 0 Å². The summed E-state index contributed by atoms with van der Waals surface area (Å²) in [6, 6.07) is 0. The fourth-order valence-electron chi connectivity index (χ4n) is 0. The van der Waals surface area contributed by atoms with Gasteiger partial charge in [-0.05, 0) is 0 Å². The summed E-state index contributed by atoms with van der Waals surface area (Å²) < 4.78 is 0. The van der Waals surface area contributed by atoms with Crippen LogP contribution in [0.4, 0.5) is 0 Å². The van der Waals surface area contributed by atoms with Crippen LogP contribution < -0.4 is 0 Å². The summed E-state index contributed by atoms with van der Waals surface area (Å²) in [5.74, 6) is 0. The Morgan fingerprint density at radius 1 is 1.00 bits per heavy atom. The molecule has 4 radical (unpaired) electrons. The van der Waals surface area contributed by atoms with E-state index in [1.807, 2.05) is 0 Å². The van der Waals surface area contributed by atoms with Crippen molar-refractivity contribution in [2.45, 2.75) is 0 Å². The van der Waals surface area contributed by atoms with Crippen molar-refractivity contribution in [3.8, 4) is 0 Å². The monoisotopic (exact) mass is 333 g/mol. The summed E-state index contributed by atoms with van der Waals surface area (Å²) in [7, 11) is 0. The third kappa shape index (κ3) is 8.86. The van der Waals surface area contributed by atoms with Gasteiger partial charge in [0.1, 0.15) is 0 Å². The van der Waals surface area contributed by atoms with Crippen LogP contribution in [0.25, 0.3) is 0 Å². The maximum Gasteiger partial charge on any atom is 0 e. The zero-order valence-corrected chi connectivity index (χ0v) is 7.38. The maximum absolute atomic E-state index is 0. The van der Waals surface area contributed by atoms with Crippen molar-refractivity contribution >= 4 is 17.4 Å². The van der Waals surface area contributed by atoms with E-state index in [9.17, 15) is 0 Å². The van der Waals surface area contributed by atoms with E-state index in [-0.39, 0.29) is 72.6 Å². The molecule has 0 aromatic rings. The van der Waals surface area contributed by atoms with E-state index >= 15 is 0 Å². The SMILES string of the molecule is [Al].[Co].[Cr].[Pt]. The van der Waals surface area contributed by atoms with Gasteiger partial charge in [-0.3, -0.25) is 0 Å². The first kappa shape index (κ1) is 33.9. The molecule has 0 spiro atoms. The summed E-state index contributed by atoms with van der Waals surface area (Å²) in [6.07, 6.45) is 0. The van der Waals surface area contributed by atoms with Crippen LogP contribution in [0.15, 0.2) is 0 Å². The van der Waals surface area contributed by atoms with Crippen LogP contribution in [-0.4, -0.2) is 17.4 Å². The molecule has 0 unspecified atom stereocenters. The van der Waals surface area contributed by atoms with Gasteiger partial charge in [-0.2, -0.15) is 0 Å². The van der Waals surface area contributed by atoms with Gasteiger partial charge in [0.15, 0.2) is 0 Å². The molecule has 0 aliphatic heterocycles. The van der Waals surface area contributed by atoms with Crippen LogP contribution in [0.1, 0.15) is 0 Å². The standard InChI is InChI=1S/Al.Co.Cr.Pt. The Bertz CT molecular complexity index is 8.00. The molecule has 0 fully saturated rings. The molecule has 0 aromatic carbocycles. The van der Waals surface area contributed by atoms with Gasteiger partial charge in [-0.25, -0.2) is 0 Å². The van der Waals surface area contributed by atoms with Crippen molar-refractivity contribution < 1.29 is 55.2 Å². The van der Waals surface area contributed by atoms with Crippen LogP contribution in [0, 0.1) is 0 Å². The second-order valence-corrected chi connectivity index (χ2v) is 0. The first-order valence-corrected chi connectivity index (χ1v) is 0. The smallest absolute Gasteiger partial charge is 0 e. The number of hydrogen-bond donors (Lipinski definition) is 0. The van der Waals surface area contributed by atoms with Gasteiger partial charge in [0.25, 0.3) is 0 Å². The summed E-state index contributed by atoms with van der Waals surface area (Å²) in [6.45, 7) is 0.